The quantitative estimate of drug-likeness (QED) is 0.766. The van der Waals surface area contributed by atoms with Crippen LogP contribution in [0.25, 0.3) is 0 Å². The van der Waals surface area contributed by atoms with Gasteiger partial charge in [0, 0.05) is 12.1 Å². The molecule has 0 spiro atoms. The number of fused-ring (bicyclic) bond motifs is 1. The molecule has 0 radical (unpaired) electrons. The number of carbonyl (C=O) groups excluding carboxylic acids is 1. The van der Waals surface area contributed by atoms with Crippen LogP contribution in [0.5, 0.6) is 5.88 Å². The summed E-state index contributed by atoms with van der Waals surface area (Å²) in [5, 5.41) is 8.97. The molecule has 3 N–H and O–H groups in total. The van der Waals surface area contributed by atoms with E-state index < -0.39 is 11.9 Å². The number of amides is 1. The van der Waals surface area contributed by atoms with Crippen LogP contribution in [-0.4, -0.2) is 39.6 Å². The van der Waals surface area contributed by atoms with Gasteiger partial charge >= 0.3 is 5.97 Å². The number of hydrogen-bond donors (Lipinski definition) is 2. The van der Waals surface area contributed by atoms with Gasteiger partial charge in [-0.3, -0.25) is 9.59 Å². The minimum Gasteiger partial charge on any atom is -0.481 e. The summed E-state index contributed by atoms with van der Waals surface area (Å²) >= 11 is 0. The fourth-order valence-electron chi connectivity index (χ4n) is 4.54. The summed E-state index contributed by atoms with van der Waals surface area (Å²) in [4.78, 5) is 33.4. The molecule has 2 aromatic rings. The minimum atomic E-state index is -0.785. The third kappa shape index (κ3) is 4.30. The molecule has 1 fully saturated rings. The lowest BCUT2D eigenvalue weighted by atomic mass is 9.77. The summed E-state index contributed by atoms with van der Waals surface area (Å²) in [6.45, 7) is 2.02. The second-order valence-corrected chi connectivity index (χ2v) is 8.30. The highest BCUT2D eigenvalue weighted by Crippen LogP contribution is 2.39. The summed E-state index contributed by atoms with van der Waals surface area (Å²) in [5.74, 6) is -1.24. The molecule has 1 saturated carbocycles. The second kappa shape index (κ2) is 8.49. The Balaban J connectivity index is 1.56. The SMILES string of the molecule is C[C@@H]1CN(c2ccc(C3CCC(CC(=O)O)CC3)c(F)c2)C(=O)c2c(N)ncnc2O1. The third-order valence-corrected chi connectivity index (χ3v) is 6.10. The summed E-state index contributed by atoms with van der Waals surface area (Å²) in [5.41, 5.74) is 6.99. The monoisotopic (exact) mass is 428 g/mol. The number of nitrogen functional groups attached to an aromatic ring is 1. The van der Waals surface area contributed by atoms with Crippen LogP contribution in [0.3, 0.4) is 0 Å². The van der Waals surface area contributed by atoms with E-state index in [1.54, 1.807) is 19.1 Å². The van der Waals surface area contributed by atoms with Crippen LogP contribution in [0, 0.1) is 11.7 Å². The molecule has 1 aliphatic heterocycles. The van der Waals surface area contributed by atoms with E-state index in [-0.39, 0.29) is 54.0 Å². The first-order valence-electron chi connectivity index (χ1n) is 10.4. The van der Waals surface area contributed by atoms with Gasteiger partial charge in [0.2, 0.25) is 5.88 Å². The highest BCUT2D eigenvalue weighted by Gasteiger charge is 2.32. The number of carboxylic acid groups (broad SMARTS) is 1. The molecule has 9 heteroatoms. The van der Waals surface area contributed by atoms with Crippen molar-refractivity contribution in [3.63, 3.8) is 0 Å². The van der Waals surface area contributed by atoms with Crippen LogP contribution in [0.15, 0.2) is 24.5 Å². The zero-order valence-electron chi connectivity index (χ0n) is 17.3. The van der Waals surface area contributed by atoms with Gasteiger partial charge in [0.15, 0.2) is 0 Å². The smallest absolute Gasteiger partial charge is 0.303 e. The molecule has 0 unspecified atom stereocenters. The third-order valence-electron chi connectivity index (χ3n) is 6.10. The van der Waals surface area contributed by atoms with Crippen molar-refractivity contribution in [1.82, 2.24) is 9.97 Å². The molecule has 4 rings (SSSR count). The van der Waals surface area contributed by atoms with E-state index >= 15 is 4.39 Å². The molecule has 2 aliphatic rings. The number of halogens is 1. The van der Waals surface area contributed by atoms with Crippen LogP contribution in [-0.2, 0) is 4.79 Å². The Hall–Kier alpha value is -3.23. The fraction of sp³-hybridized carbons (Fsp3) is 0.455. The van der Waals surface area contributed by atoms with E-state index in [0.717, 1.165) is 25.7 Å². The number of nitrogens with two attached hydrogens (primary N) is 1. The number of carboxylic acids is 1. The molecular formula is C22H25FN4O4. The lowest BCUT2D eigenvalue weighted by Crippen LogP contribution is -2.36. The molecule has 31 heavy (non-hydrogen) atoms. The maximum absolute atomic E-state index is 15.1. The lowest BCUT2D eigenvalue weighted by Gasteiger charge is -2.29. The highest BCUT2D eigenvalue weighted by atomic mass is 19.1. The van der Waals surface area contributed by atoms with Crippen molar-refractivity contribution in [3.8, 4) is 5.88 Å². The number of nitrogens with zero attached hydrogens (tertiary/aromatic N) is 3. The van der Waals surface area contributed by atoms with E-state index in [9.17, 15) is 9.59 Å². The van der Waals surface area contributed by atoms with Gasteiger partial charge in [0.05, 0.1) is 6.54 Å². The topological polar surface area (TPSA) is 119 Å². The standard InChI is InChI=1S/C22H25FN4O4/c1-12-10-27(22(30)19-20(24)25-11-26-21(19)31-12)15-6-7-16(17(23)9-15)14-4-2-13(3-5-14)8-18(28)29/h6-7,9,11-14H,2-5,8,10H2,1H3,(H,28,29)(H2,24,25,26)/t12-,13?,14?/m1/s1. The van der Waals surface area contributed by atoms with Gasteiger partial charge in [-0.05, 0) is 62.1 Å². The first-order valence-corrected chi connectivity index (χ1v) is 10.4. The Morgan fingerprint density at radius 1 is 1.29 bits per heavy atom. The summed E-state index contributed by atoms with van der Waals surface area (Å²) in [6, 6.07) is 4.83. The summed E-state index contributed by atoms with van der Waals surface area (Å²) < 4.78 is 20.8. The maximum Gasteiger partial charge on any atom is 0.303 e. The number of carbonyl (C=O) groups is 2. The Morgan fingerprint density at radius 3 is 2.71 bits per heavy atom. The van der Waals surface area contributed by atoms with Crippen molar-refractivity contribution in [1.29, 1.82) is 0 Å². The van der Waals surface area contributed by atoms with E-state index in [1.807, 2.05) is 0 Å². The number of hydrogen-bond acceptors (Lipinski definition) is 6. The molecule has 8 nitrogen and oxygen atoms in total. The second-order valence-electron chi connectivity index (χ2n) is 8.30. The first-order chi connectivity index (χ1) is 14.8. The Labute approximate surface area is 179 Å². The van der Waals surface area contributed by atoms with Gasteiger partial charge in [0.1, 0.15) is 29.6 Å². The number of aromatic nitrogens is 2. The average molecular weight is 428 g/mol. The van der Waals surface area contributed by atoms with Crippen molar-refractivity contribution >= 4 is 23.4 Å². The van der Waals surface area contributed by atoms with Crippen LogP contribution in [0.1, 0.15) is 60.9 Å². The number of aliphatic carboxylic acids is 1. The molecule has 0 bridgehead atoms. The van der Waals surface area contributed by atoms with Crippen LogP contribution >= 0.6 is 0 Å². The first kappa shape index (κ1) is 21.0. The van der Waals surface area contributed by atoms with E-state index in [4.69, 9.17) is 15.6 Å². The van der Waals surface area contributed by atoms with Crippen molar-refractivity contribution in [2.45, 2.75) is 51.0 Å². The lowest BCUT2D eigenvalue weighted by molar-refractivity contribution is -0.138. The van der Waals surface area contributed by atoms with Crippen molar-refractivity contribution < 1.29 is 23.8 Å². The van der Waals surface area contributed by atoms with Crippen molar-refractivity contribution in [2.24, 2.45) is 5.92 Å². The Bertz CT molecular complexity index is 1010. The van der Waals surface area contributed by atoms with Gasteiger partial charge < -0.3 is 20.5 Å². The molecule has 1 aromatic carbocycles. The van der Waals surface area contributed by atoms with Gasteiger partial charge in [0.25, 0.3) is 5.91 Å². The molecule has 1 amide bonds. The van der Waals surface area contributed by atoms with Crippen molar-refractivity contribution in [3.05, 3.63) is 41.5 Å². The largest absolute Gasteiger partial charge is 0.481 e. The maximum atomic E-state index is 15.1. The molecular weight excluding hydrogens is 403 g/mol. The molecule has 0 saturated heterocycles. The Morgan fingerprint density at radius 2 is 2.03 bits per heavy atom. The molecule has 1 aliphatic carbocycles. The van der Waals surface area contributed by atoms with Gasteiger partial charge in [-0.25, -0.2) is 14.4 Å². The number of benzene rings is 1. The zero-order valence-corrected chi connectivity index (χ0v) is 17.3. The normalized spacial score (nSPS) is 23.6. The predicted molar refractivity (Wildman–Crippen MR) is 112 cm³/mol. The highest BCUT2D eigenvalue weighted by molar-refractivity contribution is 6.10. The van der Waals surface area contributed by atoms with E-state index in [1.165, 1.54) is 17.3 Å². The van der Waals surface area contributed by atoms with Gasteiger partial charge in [-0.15, -0.1) is 0 Å². The minimum absolute atomic E-state index is 0.0179. The van der Waals surface area contributed by atoms with Crippen molar-refractivity contribution in [2.75, 3.05) is 17.2 Å². The summed E-state index contributed by atoms with van der Waals surface area (Å²) in [6.07, 6.45) is 4.09. The molecule has 2 heterocycles. The van der Waals surface area contributed by atoms with Gasteiger partial charge in [-0.1, -0.05) is 6.07 Å². The number of ether oxygens (including phenoxy) is 1. The Kier molecular flexibility index (Phi) is 5.75. The molecule has 164 valence electrons. The van der Waals surface area contributed by atoms with E-state index in [2.05, 4.69) is 9.97 Å². The van der Waals surface area contributed by atoms with Crippen LogP contribution < -0.4 is 15.4 Å². The van der Waals surface area contributed by atoms with Crippen LogP contribution in [0.4, 0.5) is 15.9 Å². The number of anilines is 2. The fourth-order valence-corrected chi connectivity index (χ4v) is 4.54. The predicted octanol–water partition coefficient (Wildman–Crippen LogP) is 3.37. The number of rotatable bonds is 4. The zero-order chi connectivity index (χ0) is 22.1. The van der Waals surface area contributed by atoms with E-state index in [0.29, 0.717) is 11.3 Å². The molecule has 1 aromatic heterocycles. The van der Waals surface area contributed by atoms with Crippen LogP contribution in [0.2, 0.25) is 0 Å². The molecule has 1 atom stereocenters. The van der Waals surface area contributed by atoms with Gasteiger partial charge in [-0.2, -0.15) is 0 Å². The summed E-state index contributed by atoms with van der Waals surface area (Å²) in [7, 11) is 0. The average Bonchev–Trinajstić information content (AvgIpc) is 2.85.